The molecule has 0 radical (unpaired) electrons. The second kappa shape index (κ2) is 8.34. The van der Waals surface area contributed by atoms with Crippen LogP contribution in [-0.2, 0) is 11.3 Å². The van der Waals surface area contributed by atoms with E-state index in [4.69, 9.17) is 4.74 Å². The van der Waals surface area contributed by atoms with Crippen LogP contribution in [0.4, 0.5) is 0 Å². The third kappa shape index (κ3) is 5.33. The Kier molecular flexibility index (Phi) is 6.38. The Hall–Kier alpha value is -0.860. The van der Waals surface area contributed by atoms with E-state index < -0.39 is 0 Å². The van der Waals surface area contributed by atoms with Gasteiger partial charge in [0.05, 0.1) is 0 Å². The SMILES string of the molecule is COCCCCC1CCCN(Cc2ccccc2)C1. The average Bonchev–Trinajstić information content (AvgIpc) is 2.45. The molecule has 1 unspecified atom stereocenters. The van der Waals surface area contributed by atoms with Crippen LogP contribution in [0.15, 0.2) is 30.3 Å². The van der Waals surface area contributed by atoms with Gasteiger partial charge in [-0.05, 0) is 43.7 Å². The smallest absolute Gasteiger partial charge is 0.0462 e. The Labute approximate surface area is 117 Å². The van der Waals surface area contributed by atoms with Gasteiger partial charge in [0.2, 0.25) is 0 Å². The molecule has 2 nitrogen and oxygen atoms in total. The predicted octanol–water partition coefficient (Wildman–Crippen LogP) is 3.72. The molecule has 0 aromatic heterocycles. The van der Waals surface area contributed by atoms with Gasteiger partial charge in [-0.25, -0.2) is 0 Å². The molecule has 1 saturated heterocycles. The molecule has 1 aliphatic rings. The minimum Gasteiger partial charge on any atom is -0.385 e. The number of hydrogen-bond donors (Lipinski definition) is 0. The molecule has 0 bridgehead atoms. The van der Waals surface area contributed by atoms with Crippen molar-refractivity contribution in [3.05, 3.63) is 35.9 Å². The van der Waals surface area contributed by atoms with Crippen molar-refractivity contribution in [2.24, 2.45) is 5.92 Å². The molecule has 0 saturated carbocycles. The number of nitrogens with zero attached hydrogens (tertiary/aromatic N) is 1. The highest BCUT2D eigenvalue weighted by molar-refractivity contribution is 5.14. The van der Waals surface area contributed by atoms with E-state index in [1.165, 1.54) is 50.8 Å². The Balaban J connectivity index is 1.71. The van der Waals surface area contributed by atoms with Gasteiger partial charge in [0.15, 0.2) is 0 Å². The highest BCUT2D eigenvalue weighted by Gasteiger charge is 2.19. The van der Waals surface area contributed by atoms with E-state index in [1.807, 2.05) is 0 Å². The van der Waals surface area contributed by atoms with Crippen molar-refractivity contribution in [3.8, 4) is 0 Å². The maximum absolute atomic E-state index is 5.12. The van der Waals surface area contributed by atoms with Crippen molar-refractivity contribution in [1.29, 1.82) is 0 Å². The van der Waals surface area contributed by atoms with Gasteiger partial charge in [0.25, 0.3) is 0 Å². The van der Waals surface area contributed by atoms with Crippen molar-refractivity contribution in [3.63, 3.8) is 0 Å². The lowest BCUT2D eigenvalue weighted by atomic mass is 9.92. The monoisotopic (exact) mass is 261 g/mol. The van der Waals surface area contributed by atoms with E-state index in [9.17, 15) is 0 Å². The molecule has 0 N–H and O–H groups in total. The summed E-state index contributed by atoms with van der Waals surface area (Å²) in [5.41, 5.74) is 1.45. The predicted molar refractivity (Wildman–Crippen MR) is 80.2 cm³/mol. The van der Waals surface area contributed by atoms with Gasteiger partial charge in [-0.1, -0.05) is 36.8 Å². The Bertz CT molecular complexity index is 338. The van der Waals surface area contributed by atoms with E-state index in [0.717, 1.165) is 19.1 Å². The highest BCUT2D eigenvalue weighted by atomic mass is 16.5. The van der Waals surface area contributed by atoms with E-state index in [-0.39, 0.29) is 0 Å². The number of hydrogen-bond acceptors (Lipinski definition) is 2. The van der Waals surface area contributed by atoms with Gasteiger partial charge >= 0.3 is 0 Å². The van der Waals surface area contributed by atoms with Crippen molar-refractivity contribution in [2.75, 3.05) is 26.8 Å². The molecule has 106 valence electrons. The summed E-state index contributed by atoms with van der Waals surface area (Å²) in [5.74, 6) is 0.898. The fraction of sp³-hybridized carbons (Fsp3) is 0.647. The fourth-order valence-corrected chi connectivity index (χ4v) is 3.05. The zero-order chi connectivity index (χ0) is 13.3. The summed E-state index contributed by atoms with van der Waals surface area (Å²) in [6.07, 6.45) is 6.68. The van der Waals surface area contributed by atoms with Crippen LogP contribution in [0.25, 0.3) is 0 Å². The molecule has 1 aromatic carbocycles. The molecular weight excluding hydrogens is 234 g/mol. The standard InChI is InChI=1S/C17H27NO/c1-19-13-6-5-10-17-11-7-12-18(15-17)14-16-8-3-2-4-9-16/h2-4,8-9,17H,5-7,10-15H2,1H3. The molecule has 0 aliphatic carbocycles. The van der Waals surface area contributed by atoms with Crippen LogP contribution in [0.3, 0.4) is 0 Å². The Morgan fingerprint density at radius 2 is 2.05 bits per heavy atom. The minimum absolute atomic E-state index is 0.898. The topological polar surface area (TPSA) is 12.5 Å². The van der Waals surface area contributed by atoms with Crippen molar-refractivity contribution in [2.45, 2.75) is 38.6 Å². The van der Waals surface area contributed by atoms with Crippen LogP contribution >= 0.6 is 0 Å². The summed E-state index contributed by atoms with van der Waals surface area (Å²) < 4.78 is 5.12. The molecule has 1 aromatic rings. The van der Waals surface area contributed by atoms with Crippen LogP contribution in [0, 0.1) is 5.92 Å². The van der Waals surface area contributed by atoms with Gasteiger partial charge in [0, 0.05) is 26.8 Å². The van der Waals surface area contributed by atoms with E-state index in [1.54, 1.807) is 7.11 Å². The van der Waals surface area contributed by atoms with Gasteiger partial charge in [0.1, 0.15) is 0 Å². The molecule has 1 atom stereocenters. The Morgan fingerprint density at radius 1 is 1.21 bits per heavy atom. The number of piperidine rings is 1. The average molecular weight is 261 g/mol. The summed E-state index contributed by atoms with van der Waals surface area (Å²) in [7, 11) is 1.79. The molecule has 19 heavy (non-hydrogen) atoms. The largest absolute Gasteiger partial charge is 0.385 e. The normalized spacial score (nSPS) is 20.6. The van der Waals surface area contributed by atoms with Gasteiger partial charge in [-0.2, -0.15) is 0 Å². The summed E-state index contributed by atoms with van der Waals surface area (Å²) in [6.45, 7) is 4.58. The third-order valence-corrected chi connectivity index (χ3v) is 4.06. The summed E-state index contributed by atoms with van der Waals surface area (Å²) in [6, 6.07) is 10.9. The van der Waals surface area contributed by atoms with Crippen molar-refractivity contribution in [1.82, 2.24) is 4.90 Å². The zero-order valence-corrected chi connectivity index (χ0v) is 12.2. The van der Waals surface area contributed by atoms with Gasteiger partial charge < -0.3 is 4.74 Å². The maximum Gasteiger partial charge on any atom is 0.0462 e. The van der Waals surface area contributed by atoms with E-state index in [2.05, 4.69) is 35.2 Å². The molecule has 0 spiro atoms. The first kappa shape index (κ1) is 14.5. The lowest BCUT2D eigenvalue weighted by Crippen LogP contribution is -2.34. The number of benzene rings is 1. The fourth-order valence-electron chi connectivity index (χ4n) is 3.05. The summed E-state index contributed by atoms with van der Waals surface area (Å²) in [5, 5.41) is 0. The summed E-state index contributed by atoms with van der Waals surface area (Å²) >= 11 is 0. The second-order valence-electron chi connectivity index (χ2n) is 5.72. The number of unbranched alkanes of at least 4 members (excludes halogenated alkanes) is 1. The van der Waals surface area contributed by atoms with Crippen LogP contribution in [0.1, 0.15) is 37.7 Å². The van der Waals surface area contributed by atoms with E-state index >= 15 is 0 Å². The van der Waals surface area contributed by atoms with Crippen molar-refractivity contribution < 1.29 is 4.74 Å². The number of ether oxygens (including phenoxy) is 1. The van der Waals surface area contributed by atoms with Gasteiger partial charge in [-0.3, -0.25) is 4.90 Å². The quantitative estimate of drug-likeness (QED) is 0.694. The minimum atomic E-state index is 0.898. The van der Waals surface area contributed by atoms with Crippen LogP contribution in [0.2, 0.25) is 0 Å². The molecule has 2 heteroatoms. The lowest BCUT2D eigenvalue weighted by Gasteiger charge is -2.32. The number of rotatable bonds is 7. The number of likely N-dealkylation sites (tertiary alicyclic amines) is 1. The first-order valence-corrected chi connectivity index (χ1v) is 7.63. The number of methoxy groups -OCH3 is 1. The molecule has 1 fully saturated rings. The van der Waals surface area contributed by atoms with Crippen LogP contribution < -0.4 is 0 Å². The first-order chi connectivity index (χ1) is 9.38. The maximum atomic E-state index is 5.12. The second-order valence-corrected chi connectivity index (χ2v) is 5.72. The third-order valence-electron chi connectivity index (χ3n) is 4.06. The van der Waals surface area contributed by atoms with E-state index in [0.29, 0.717) is 0 Å². The zero-order valence-electron chi connectivity index (χ0n) is 12.2. The molecule has 1 aliphatic heterocycles. The lowest BCUT2D eigenvalue weighted by molar-refractivity contribution is 0.152. The highest BCUT2D eigenvalue weighted by Crippen LogP contribution is 2.22. The molecular formula is C17H27NO. The first-order valence-electron chi connectivity index (χ1n) is 7.63. The molecule has 1 heterocycles. The Morgan fingerprint density at radius 3 is 2.84 bits per heavy atom. The van der Waals surface area contributed by atoms with Crippen LogP contribution in [0.5, 0.6) is 0 Å². The molecule has 2 rings (SSSR count). The van der Waals surface area contributed by atoms with Crippen LogP contribution in [-0.4, -0.2) is 31.7 Å². The van der Waals surface area contributed by atoms with Crippen molar-refractivity contribution >= 4 is 0 Å². The molecule has 0 amide bonds. The van der Waals surface area contributed by atoms with Gasteiger partial charge in [-0.15, -0.1) is 0 Å². The summed E-state index contributed by atoms with van der Waals surface area (Å²) in [4.78, 5) is 2.62.